The molecule has 0 radical (unpaired) electrons. The lowest BCUT2D eigenvalue weighted by Gasteiger charge is -2.18. The molecule has 0 fully saturated rings. The fourth-order valence-corrected chi connectivity index (χ4v) is 2.21. The smallest absolute Gasteiger partial charge is 0.224 e. The highest BCUT2D eigenvalue weighted by Gasteiger charge is 2.15. The number of benzene rings is 1. The van der Waals surface area contributed by atoms with Crippen LogP contribution in [0.3, 0.4) is 0 Å². The second-order valence-electron chi connectivity index (χ2n) is 5.39. The molecule has 2 rings (SSSR count). The van der Waals surface area contributed by atoms with Crippen molar-refractivity contribution in [3.05, 3.63) is 47.1 Å². The number of rotatable bonds is 7. The van der Waals surface area contributed by atoms with E-state index in [1.54, 1.807) is 26.0 Å². The molecule has 0 aliphatic rings. The summed E-state index contributed by atoms with van der Waals surface area (Å²) >= 11 is 0. The number of nitrogens with zero attached hydrogens (tertiary/aromatic N) is 1. The summed E-state index contributed by atoms with van der Waals surface area (Å²) < 4.78 is 23.9. The lowest BCUT2D eigenvalue weighted by molar-refractivity contribution is -0.120. The van der Waals surface area contributed by atoms with E-state index in [1.807, 2.05) is 6.92 Å². The van der Waals surface area contributed by atoms with Crippen molar-refractivity contribution in [2.45, 2.75) is 39.7 Å². The third-order valence-electron chi connectivity index (χ3n) is 3.60. The molecule has 124 valence electrons. The number of ether oxygens (including phenoxy) is 1. The predicted octanol–water partition coefficient (Wildman–Crippen LogP) is 2.95. The molecule has 0 saturated carbocycles. The van der Waals surface area contributed by atoms with Gasteiger partial charge in [-0.2, -0.15) is 0 Å². The maximum atomic E-state index is 13.2. The van der Waals surface area contributed by atoms with E-state index in [1.165, 1.54) is 12.1 Å². The first-order valence-corrected chi connectivity index (χ1v) is 7.60. The summed E-state index contributed by atoms with van der Waals surface area (Å²) in [4.78, 5) is 12.0. The first-order chi connectivity index (χ1) is 11.0. The largest absolute Gasteiger partial charge is 0.489 e. The Bertz CT molecular complexity index is 650. The molecule has 0 aliphatic carbocycles. The van der Waals surface area contributed by atoms with Crippen LogP contribution >= 0.6 is 0 Å². The molecule has 0 aliphatic heterocycles. The molecule has 2 aromatic rings. The van der Waals surface area contributed by atoms with E-state index in [-0.39, 0.29) is 24.2 Å². The molecule has 0 spiro atoms. The number of halogens is 1. The fourth-order valence-electron chi connectivity index (χ4n) is 2.21. The summed E-state index contributed by atoms with van der Waals surface area (Å²) in [7, 11) is 0. The lowest BCUT2D eigenvalue weighted by Crippen LogP contribution is -2.35. The topological polar surface area (TPSA) is 64.4 Å². The Kier molecular flexibility index (Phi) is 5.73. The quantitative estimate of drug-likeness (QED) is 0.852. The Morgan fingerprint density at radius 1 is 1.43 bits per heavy atom. The van der Waals surface area contributed by atoms with Gasteiger partial charge in [0.05, 0.1) is 18.7 Å². The molecule has 1 heterocycles. The minimum absolute atomic E-state index is 0.124. The molecule has 23 heavy (non-hydrogen) atoms. The van der Waals surface area contributed by atoms with Crippen LogP contribution in [0.2, 0.25) is 0 Å². The Hall–Kier alpha value is -2.37. The van der Waals surface area contributed by atoms with Gasteiger partial charge in [-0.25, -0.2) is 4.39 Å². The molecule has 1 N–H and O–H groups in total. The van der Waals surface area contributed by atoms with Crippen molar-refractivity contribution in [3.63, 3.8) is 0 Å². The van der Waals surface area contributed by atoms with E-state index in [0.29, 0.717) is 24.5 Å². The minimum Gasteiger partial charge on any atom is -0.489 e. The van der Waals surface area contributed by atoms with Gasteiger partial charge in [-0.15, -0.1) is 0 Å². The SMILES string of the molecule is CCC(CNC(=O)Cc1c(C)noc1C)Oc1cccc(F)c1. The molecule has 1 aromatic carbocycles. The highest BCUT2D eigenvalue weighted by atomic mass is 19.1. The first kappa shape index (κ1) is 17.0. The van der Waals surface area contributed by atoms with Crippen LogP contribution in [0.15, 0.2) is 28.8 Å². The molecule has 1 aromatic heterocycles. The number of hydrogen-bond acceptors (Lipinski definition) is 4. The number of aryl methyl sites for hydroxylation is 2. The fraction of sp³-hybridized carbons (Fsp3) is 0.412. The number of carbonyl (C=O) groups is 1. The zero-order chi connectivity index (χ0) is 16.8. The Morgan fingerprint density at radius 2 is 2.22 bits per heavy atom. The Morgan fingerprint density at radius 3 is 2.83 bits per heavy atom. The molecule has 5 nitrogen and oxygen atoms in total. The van der Waals surface area contributed by atoms with Crippen molar-refractivity contribution in [3.8, 4) is 5.75 Å². The summed E-state index contributed by atoms with van der Waals surface area (Å²) in [6.07, 6.45) is 0.699. The molecule has 0 bridgehead atoms. The molecular weight excluding hydrogens is 299 g/mol. The summed E-state index contributed by atoms with van der Waals surface area (Å²) in [6.45, 7) is 5.89. The van der Waals surface area contributed by atoms with Gasteiger partial charge in [0.1, 0.15) is 23.4 Å². The van der Waals surface area contributed by atoms with E-state index < -0.39 is 0 Å². The van der Waals surface area contributed by atoms with Gasteiger partial charge in [-0.3, -0.25) is 4.79 Å². The van der Waals surface area contributed by atoms with Gasteiger partial charge >= 0.3 is 0 Å². The Balaban J connectivity index is 1.86. The first-order valence-electron chi connectivity index (χ1n) is 7.60. The normalized spacial score (nSPS) is 12.0. The highest BCUT2D eigenvalue weighted by Crippen LogP contribution is 2.15. The standard InChI is InChI=1S/C17H21FN2O3/c1-4-14(22-15-7-5-6-13(18)8-15)10-19-17(21)9-16-11(2)20-23-12(16)3/h5-8,14H,4,9-10H2,1-3H3,(H,19,21). The summed E-state index contributed by atoms with van der Waals surface area (Å²) in [5.41, 5.74) is 1.53. The zero-order valence-electron chi connectivity index (χ0n) is 13.6. The number of amides is 1. The van der Waals surface area contributed by atoms with Crippen LogP contribution in [-0.2, 0) is 11.2 Å². The van der Waals surface area contributed by atoms with Crippen molar-refractivity contribution in [2.24, 2.45) is 0 Å². The Labute approximate surface area is 134 Å². The predicted molar refractivity (Wildman–Crippen MR) is 83.8 cm³/mol. The van der Waals surface area contributed by atoms with Crippen molar-refractivity contribution in [2.75, 3.05) is 6.54 Å². The van der Waals surface area contributed by atoms with Crippen LogP contribution in [0.1, 0.15) is 30.4 Å². The maximum absolute atomic E-state index is 13.2. The van der Waals surface area contributed by atoms with E-state index in [2.05, 4.69) is 10.5 Å². The minimum atomic E-state index is -0.347. The third kappa shape index (κ3) is 4.81. The summed E-state index contributed by atoms with van der Waals surface area (Å²) in [6, 6.07) is 5.97. The second kappa shape index (κ2) is 7.76. The van der Waals surface area contributed by atoms with Crippen LogP contribution in [-0.4, -0.2) is 23.7 Å². The van der Waals surface area contributed by atoms with Crippen molar-refractivity contribution in [1.29, 1.82) is 0 Å². The van der Waals surface area contributed by atoms with Gasteiger partial charge in [0.2, 0.25) is 5.91 Å². The molecule has 0 saturated heterocycles. The zero-order valence-corrected chi connectivity index (χ0v) is 13.6. The number of aromatic nitrogens is 1. The number of hydrogen-bond donors (Lipinski definition) is 1. The summed E-state index contributed by atoms with van der Waals surface area (Å²) in [5.74, 6) is 0.637. The van der Waals surface area contributed by atoms with Crippen molar-refractivity contribution >= 4 is 5.91 Å². The van der Waals surface area contributed by atoms with Gasteiger partial charge < -0.3 is 14.6 Å². The molecule has 1 unspecified atom stereocenters. The van der Waals surface area contributed by atoms with Crippen molar-refractivity contribution < 1.29 is 18.4 Å². The van der Waals surface area contributed by atoms with Crippen LogP contribution in [0, 0.1) is 19.7 Å². The van der Waals surface area contributed by atoms with Crippen LogP contribution in [0.5, 0.6) is 5.75 Å². The highest BCUT2D eigenvalue weighted by molar-refractivity contribution is 5.79. The number of carbonyl (C=O) groups excluding carboxylic acids is 1. The monoisotopic (exact) mass is 320 g/mol. The van der Waals surface area contributed by atoms with E-state index in [0.717, 1.165) is 11.3 Å². The average Bonchev–Trinajstić information content (AvgIpc) is 2.83. The lowest BCUT2D eigenvalue weighted by atomic mass is 10.1. The van der Waals surface area contributed by atoms with Gasteiger partial charge in [0.25, 0.3) is 0 Å². The maximum Gasteiger partial charge on any atom is 0.224 e. The van der Waals surface area contributed by atoms with Gasteiger partial charge in [0.15, 0.2) is 0 Å². The molecule has 1 atom stereocenters. The van der Waals surface area contributed by atoms with Gasteiger partial charge in [-0.1, -0.05) is 18.1 Å². The third-order valence-corrected chi connectivity index (χ3v) is 3.60. The van der Waals surface area contributed by atoms with Crippen LogP contribution < -0.4 is 10.1 Å². The van der Waals surface area contributed by atoms with E-state index >= 15 is 0 Å². The van der Waals surface area contributed by atoms with E-state index in [9.17, 15) is 9.18 Å². The van der Waals surface area contributed by atoms with Gasteiger partial charge in [0, 0.05) is 11.6 Å². The van der Waals surface area contributed by atoms with Crippen molar-refractivity contribution in [1.82, 2.24) is 10.5 Å². The van der Waals surface area contributed by atoms with E-state index in [4.69, 9.17) is 9.26 Å². The van der Waals surface area contributed by atoms with Gasteiger partial charge in [-0.05, 0) is 32.4 Å². The molecular formula is C17H21FN2O3. The van der Waals surface area contributed by atoms with Crippen LogP contribution in [0.4, 0.5) is 4.39 Å². The number of nitrogens with one attached hydrogen (secondary N) is 1. The van der Waals surface area contributed by atoms with Crippen LogP contribution in [0.25, 0.3) is 0 Å². The summed E-state index contributed by atoms with van der Waals surface area (Å²) in [5, 5.41) is 6.66. The second-order valence-corrected chi connectivity index (χ2v) is 5.39. The average molecular weight is 320 g/mol. The molecule has 1 amide bonds. The molecule has 6 heteroatoms.